The molecule has 1 aromatic carbocycles. The highest BCUT2D eigenvalue weighted by Gasteiger charge is 2.32. The lowest BCUT2D eigenvalue weighted by Gasteiger charge is -2.20. The molecule has 26 heavy (non-hydrogen) atoms. The Hall–Kier alpha value is -2.57. The standard InChI is InChI=1S/C19H26N2O5/c1-10(2)13-8-14(11(3)4)16(22)15(9-13)18(24)26-12(5)17(23)21-7-6-20-19(21)25/h8-12,22H,6-7H2,1-5H3,(H,20,25). The van der Waals surface area contributed by atoms with Gasteiger partial charge in [0.15, 0.2) is 6.10 Å². The molecule has 1 unspecified atom stereocenters. The predicted molar refractivity (Wildman–Crippen MR) is 96.3 cm³/mol. The molecule has 7 heteroatoms. The van der Waals surface area contributed by atoms with Gasteiger partial charge >= 0.3 is 12.0 Å². The van der Waals surface area contributed by atoms with Gasteiger partial charge in [-0.3, -0.25) is 9.69 Å². The number of nitrogens with zero attached hydrogens (tertiary/aromatic N) is 1. The van der Waals surface area contributed by atoms with Gasteiger partial charge in [0, 0.05) is 13.1 Å². The third-order valence-corrected chi connectivity index (χ3v) is 4.42. The molecule has 3 amide bonds. The van der Waals surface area contributed by atoms with Crippen LogP contribution >= 0.6 is 0 Å². The van der Waals surface area contributed by atoms with Crippen LogP contribution in [-0.4, -0.2) is 47.1 Å². The molecule has 1 aliphatic heterocycles. The summed E-state index contributed by atoms with van der Waals surface area (Å²) in [6.07, 6.45) is -1.13. The molecule has 142 valence electrons. The molecule has 0 spiro atoms. The first-order valence-electron chi connectivity index (χ1n) is 8.80. The third kappa shape index (κ3) is 3.98. The number of hydrogen-bond acceptors (Lipinski definition) is 5. The number of benzene rings is 1. The molecule has 0 aliphatic carbocycles. The molecule has 0 bridgehead atoms. The number of phenols is 1. The maximum atomic E-state index is 12.6. The number of esters is 1. The van der Waals surface area contributed by atoms with Crippen LogP contribution in [-0.2, 0) is 9.53 Å². The Morgan fingerprint density at radius 1 is 1.15 bits per heavy atom. The van der Waals surface area contributed by atoms with Gasteiger partial charge in [0.05, 0.1) is 0 Å². The van der Waals surface area contributed by atoms with Crippen LogP contribution in [0.2, 0.25) is 0 Å². The summed E-state index contributed by atoms with van der Waals surface area (Å²) in [4.78, 5) is 37.5. The first-order chi connectivity index (χ1) is 12.1. The van der Waals surface area contributed by atoms with Crippen LogP contribution in [0, 0.1) is 0 Å². The second-order valence-electron chi connectivity index (χ2n) is 7.09. The van der Waals surface area contributed by atoms with Crippen molar-refractivity contribution in [3.8, 4) is 5.75 Å². The molecule has 2 rings (SSSR count). The number of carbonyl (C=O) groups excluding carboxylic acids is 3. The number of aromatic hydroxyl groups is 1. The summed E-state index contributed by atoms with van der Waals surface area (Å²) in [6, 6.07) is 2.98. The fourth-order valence-electron chi connectivity index (χ4n) is 2.78. The third-order valence-electron chi connectivity index (χ3n) is 4.42. The number of phenolic OH excluding ortho intramolecular Hbond substituents is 1. The van der Waals surface area contributed by atoms with Crippen molar-refractivity contribution in [2.45, 2.75) is 52.6 Å². The maximum absolute atomic E-state index is 12.6. The average Bonchev–Trinajstić information content (AvgIpc) is 2.99. The van der Waals surface area contributed by atoms with Gasteiger partial charge in [0.2, 0.25) is 0 Å². The second-order valence-corrected chi connectivity index (χ2v) is 7.09. The van der Waals surface area contributed by atoms with Crippen LogP contribution in [0.15, 0.2) is 12.1 Å². The van der Waals surface area contributed by atoms with Gasteiger partial charge in [-0.05, 0) is 36.0 Å². The zero-order valence-electron chi connectivity index (χ0n) is 15.8. The highest BCUT2D eigenvalue weighted by atomic mass is 16.5. The minimum absolute atomic E-state index is 0.0209. The van der Waals surface area contributed by atoms with E-state index in [4.69, 9.17) is 4.74 Å². The van der Waals surface area contributed by atoms with Crippen molar-refractivity contribution >= 4 is 17.9 Å². The SMILES string of the molecule is CC(OC(=O)c1cc(C(C)C)cc(C(C)C)c1O)C(=O)N1CCNC1=O. The van der Waals surface area contributed by atoms with E-state index >= 15 is 0 Å². The molecule has 1 aliphatic rings. The molecular formula is C19H26N2O5. The van der Waals surface area contributed by atoms with Gasteiger partial charge in [-0.15, -0.1) is 0 Å². The van der Waals surface area contributed by atoms with Crippen molar-refractivity contribution in [2.24, 2.45) is 0 Å². The van der Waals surface area contributed by atoms with E-state index in [1.807, 2.05) is 33.8 Å². The van der Waals surface area contributed by atoms with E-state index in [2.05, 4.69) is 5.32 Å². The Labute approximate surface area is 153 Å². The Morgan fingerprint density at radius 3 is 2.31 bits per heavy atom. The van der Waals surface area contributed by atoms with Gasteiger partial charge in [0.25, 0.3) is 5.91 Å². The first-order valence-corrected chi connectivity index (χ1v) is 8.80. The monoisotopic (exact) mass is 362 g/mol. The predicted octanol–water partition coefficient (Wildman–Crippen LogP) is 2.74. The van der Waals surface area contributed by atoms with E-state index in [0.29, 0.717) is 12.1 Å². The highest BCUT2D eigenvalue weighted by Crippen LogP contribution is 2.33. The Morgan fingerprint density at radius 2 is 1.81 bits per heavy atom. The molecule has 0 saturated carbocycles. The summed E-state index contributed by atoms with van der Waals surface area (Å²) in [5, 5.41) is 13.0. The Balaban J connectivity index is 2.25. The van der Waals surface area contributed by atoms with E-state index in [1.165, 1.54) is 6.92 Å². The van der Waals surface area contributed by atoms with Gasteiger partial charge in [-0.2, -0.15) is 0 Å². The van der Waals surface area contributed by atoms with Crippen molar-refractivity contribution in [3.05, 3.63) is 28.8 Å². The van der Waals surface area contributed by atoms with Gasteiger partial charge in [0.1, 0.15) is 11.3 Å². The fourth-order valence-corrected chi connectivity index (χ4v) is 2.78. The summed E-state index contributed by atoms with van der Waals surface area (Å²) in [6.45, 7) is 9.86. The van der Waals surface area contributed by atoms with Crippen LogP contribution < -0.4 is 5.32 Å². The van der Waals surface area contributed by atoms with Gasteiger partial charge < -0.3 is 15.2 Å². The Kier molecular flexibility index (Phi) is 5.90. The largest absolute Gasteiger partial charge is 0.507 e. The number of urea groups is 1. The summed E-state index contributed by atoms with van der Waals surface area (Å²) in [5.74, 6) is -1.32. The average molecular weight is 362 g/mol. The number of hydrogen-bond donors (Lipinski definition) is 2. The molecule has 0 radical (unpaired) electrons. The van der Waals surface area contributed by atoms with Crippen LogP contribution in [0.4, 0.5) is 4.79 Å². The van der Waals surface area contributed by atoms with E-state index in [1.54, 1.807) is 6.07 Å². The number of imide groups is 1. The first kappa shape index (κ1) is 19.8. The highest BCUT2D eigenvalue weighted by molar-refractivity contribution is 6.00. The lowest BCUT2D eigenvalue weighted by Crippen LogP contribution is -2.41. The van der Waals surface area contributed by atoms with Gasteiger partial charge in [-0.25, -0.2) is 9.59 Å². The minimum atomic E-state index is -1.13. The normalized spacial score (nSPS) is 15.3. The van der Waals surface area contributed by atoms with Crippen molar-refractivity contribution < 1.29 is 24.2 Å². The zero-order valence-corrected chi connectivity index (χ0v) is 15.8. The maximum Gasteiger partial charge on any atom is 0.342 e. The lowest BCUT2D eigenvalue weighted by atomic mass is 9.92. The lowest BCUT2D eigenvalue weighted by molar-refractivity contribution is -0.136. The fraction of sp³-hybridized carbons (Fsp3) is 0.526. The number of carbonyl (C=O) groups is 3. The zero-order chi connectivity index (χ0) is 19.6. The molecule has 0 aromatic heterocycles. The van der Waals surface area contributed by atoms with E-state index in [9.17, 15) is 19.5 Å². The topological polar surface area (TPSA) is 95.9 Å². The number of amides is 3. The minimum Gasteiger partial charge on any atom is -0.507 e. The number of nitrogens with one attached hydrogen (secondary N) is 1. The molecule has 1 heterocycles. The smallest absolute Gasteiger partial charge is 0.342 e. The van der Waals surface area contributed by atoms with Crippen molar-refractivity contribution in [1.82, 2.24) is 10.2 Å². The van der Waals surface area contributed by atoms with Gasteiger partial charge in [-0.1, -0.05) is 33.8 Å². The molecule has 2 N–H and O–H groups in total. The molecule has 1 saturated heterocycles. The number of rotatable bonds is 5. The van der Waals surface area contributed by atoms with Crippen LogP contribution in [0.1, 0.15) is 67.9 Å². The van der Waals surface area contributed by atoms with Crippen LogP contribution in [0.5, 0.6) is 5.75 Å². The molecular weight excluding hydrogens is 336 g/mol. The summed E-state index contributed by atoms with van der Waals surface area (Å²) < 4.78 is 5.24. The van der Waals surface area contributed by atoms with E-state index < -0.39 is 24.0 Å². The summed E-state index contributed by atoms with van der Waals surface area (Å²) >= 11 is 0. The van der Waals surface area contributed by atoms with E-state index in [-0.39, 0.29) is 29.7 Å². The number of ether oxygens (including phenoxy) is 1. The van der Waals surface area contributed by atoms with Crippen molar-refractivity contribution in [1.29, 1.82) is 0 Å². The Bertz CT molecular complexity index is 727. The molecule has 1 atom stereocenters. The second kappa shape index (κ2) is 7.76. The molecule has 1 aromatic rings. The van der Waals surface area contributed by atoms with Crippen LogP contribution in [0.25, 0.3) is 0 Å². The quantitative estimate of drug-likeness (QED) is 0.785. The summed E-state index contributed by atoms with van der Waals surface area (Å²) in [7, 11) is 0. The van der Waals surface area contributed by atoms with E-state index in [0.717, 1.165) is 10.5 Å². The van der Waals surface area contributed by atoms with Crippen molar-refractivity contribution in [2.75, 3.05) is 13.1 Å². The molecule has 7 nitrogen and oxygen atoms in total. The molecule has 1 fully saturated rings. The van der Waals surface area contributed by atoms with Crippen LogP contribution in [0.3, 0.4) is 0 Å². The van der Waals surface area contributed by atoms with Crippen molar-refractivity contribution in [3.63, 3.8) is 0 Å². The summed E-state index contributed by atoms with van der Waals surface area (Å²) in [5.41, 5.74) is 1.59.